The van der Waals surface area contributed by atoms with Crippen LogP contribution in [0.25, 0.3) is 0 Å². The van der Waals surface area contributed by atoms with Gasteiger partial charge in [-0.3, -0.25) is 9.78 Å². The molecule has 21 heavy (non-hydrogen) atoms. The number of carbonyl (C=O) groups is 1. The molecule has 0 saturated carbocycles. The molecule has 1 atom stereocenters. The molecular weight excluding hydrogens is 288 g/mol. The summed E-state index contributed by atoms with van der Waals surface area (Å²) in [6, 6.07) is 9.43. The Labute approximate surface area is 124 Å². The fraction of sp³-hybridized carbons (Fsp3) is 0.200. The van der Waals surface area contributed by atoms with Crippen molar-refractivity contribution in [1.29, 1.82) is 0 Å². The summed E-state index contributed by atoms with van der Waals surface area (Å²) in [5, 5.41) is 2.82. The summed E-state index contributed by atoms with van der Waals surface area (Å²) in [5.74, 6) is -0.322. The van der Waals surface area contributed by atoms with E-state index < -0.39 is 9.84 Å². The highest BCUT2D eigenvalue weighted by molar-refractivity contribution is 7.90. The lowest BCUT2D eigenvalue weighted by atomic mass is 10.1. The van der Waals surface area contributed by atoms with E-state index in [4.69, 9.17) is 0 Å². The third-order valence-corrected chi connectivity index (χ3v) is 4.17. The van der Waals surface area contributed by atoms with Gasteiger partial charge < -0.3 is 5.32 Å². The monoisotopic (exact) mass is 304 g/mol. The van der Waals surface area contributed by atoms with Crippen LogP contribution in [0.15, 0.2) is 53.7 Å². The van der Waals surface area contributed by atoms with Crippen molar-refractivity contribution in [2.75, 3.05) is 6.26 Å². The summed E-state index contributed by atoms with van der Waals surface area (Å²) >= 11 is 0. The number of amides is 1. The van der Waals surface area contributed by atoms with Crippen molar-refractivity contribution in [2.45, 2.75) is 17.9 Å². The molecule has 0 radical (unpaired) electrons. The average Bonchev–Trinajstić information content (AvgIpc) is 2.47. The van der Waals surface area contributed by atoms with Crippen LogP contribution < -0.4 is 5.32 Å². The highest BCUT2D eigenvalue weighted by Crippen LogP contribution is 2.14. The molecule has 1 aromatic heterocycles. The zero-order valence-electron chi connectivity index (χ0n) is 11.8. The van der Waals surface area contributed by atoms with E-state index in [9.17, 15) is 13.2 Å². The van der Waals surface area contributed by atoms with E-state index in [0.717, 1.165) is 11.8 Å². The Bertz CT molecular complexity index is 743. The summed E-state index contributed by atoms with van der Waals surface area (Å²) in [6.07, 6.45) is 4.45. The maximum Gasteiger partial charge on any atom is 0.251 e. The van der Waals surface area contributed by atoms with Crippen molar-refractivity contribution < 1.29 is 13.2 Å². The predicted octanol–water partition coefficient (Wildman–Crippen LogP) is 1.98. The second kappa shape index (κ2) is 6.05. The summed E-state index contributed by atoms with van der Waals surface area (Å²) in [4.78, 5) is 16.3. The van der Waals surface area contributed by atoms with Gasteiger partial charge in [0.15, 0.2) is 9.84 Å². The van der Waals surface area contributed by atoms with E-state index in [0.29, 0.717) is 5.56 Å². The quantitative estimate of drug-likeness (QED) is 0.937. The Kier molecular flexibility index (Phi) is 4.37. The van der Waals surface area contributed by atoms with Crippen molar-refractivity contribution in [3.63, 3.8) is 0 Å². The molecule has 0 aliphatic carbocycles. The third kappa shape index (κ3) is 3.88. The molecule has 1 unspecified atom stereocenters. The van der Waals surface area contributed by atoms with Crippen LogP contribution in [0.3, 0.4) is 0 Å². The highest BCUT2D eigenvalue weighted by atomic mass is 32.2. The number of aromatic nitrogens is 1. The predicted molar refractivity (Wildman–Crippen MR) is 79.7 cm³/mol. The van der Waals surface area contributed by atoms with Gasteiger partial charge in [0.2, 0.25) is 0 Å². The molecule has 0 spiro atoms. The Balaban J connectivity index is 2.18. The van der Waals surface area contributed by atoms with Gasteiger partial charge in [0, 0.05) is 24.2 Å². The smallest absolute Gasteiger partial charge is 0.251 e. The van der Waals surface area contributed by atoms with Crippen LogP contribution in [-0.2, 0) is 9.84 Å². The first kappa shape index (κ1) is 15.2. The Morgan fingerprint density at radius 3 is 2.62 bits per heavy atom. The van der Waals surface area contributed by atoms with Gasteiger partial charge in [-0.15, -0.1) is 0 Å². The zero-order valence-corrected chi connectivity index (χ0v) is 12.6. The van der Waals surface area contributed by atoms with Gasteiger partial charge in [-0.2, -0.15) is 0 Å². The number of rotatable bonds is 4. The molecule has 1 N–H and O–H groups in total. The highest BCUT2D eigenvalue weighted by Gasteiger charge is 2.14. The van der Waals surface area contributed by atoms with Crippen LogP contribution in [0.5, 0.6) is 0 Å². The van der Waals surface area contributed by atoms with Gasteiger partial charge in [-0.1, -0.05) is 12.1 Å². The lowest BCUT2D eigenvalue weighted by Crippen LogP contribution is -2.26. The minimum Gasteiger partial charge on any atom is -0.345 e. The number of sulfone groups is 1. The van der Waals surface area contributed by atoms with Crippen LogP contribution in [0, 0.1) is 0 Å². The van der Waals surface area contributed by atoms with Crippen LogP contribution in [0.4, 0.5) is 0 Å². The lowest BCUT2D eigenvalue weighted by Gasteiger charge is -2.14. The van der Waals surface area contributed by atoms with Crippen molar-refractivity contribution in [1.82, 2.24) is 10.3 Å². The molecule has 0 aliphatic rings. The summed E-state index contributed by atoms with van der Waals surface area (Å²) < 4.78 is 23.0. The van der Waals surface area contributed by atoms with E-state index in [2.05, 4.69) is 10.3 Å². The van der Waals surface area contributed by atoms with Crippen LogP contribution >= 0.6 is 0 Å². The zero-order chi connectivity index (χ0) is 15.5. The number of hydrogen-bond donors (Lipinski definition) is 1. The van der Waals surface area contributed by atoms with Crippen molar-refractivity contribution >= 4 is 15.7 Å². The second-order valence-corrected chi connectivity index (χ2v) is 6.80. The molecular formula is C15H16N2O3S. The molecule has 1 aromatic carbocycles. The average molecular weight is 304 g/mol. The summed E-state index contributed by atoms with van der Waals surface area (Å²) in [7, 11) is -3.33. The van der Waals surface area contributed by atoms with E-state index in [1.54, 1.807) is 30.6 Å². The molecule has 6 heteroatoms. The molecule has 1 heterocycles. The minimum absolute atomic E-state index is 0.129. The molecule has 0 bridgehead atoms. The largest absolute Gasteiger partial charge is 0.345 e. The molecule has 2 aromatic rings. The van der Waals surface area contributed by atoms with E-state index in [1.807, 2.05) is 13.0 Å². The fourth-order valence-electron chi connectivity index (χ4n) is 1.86. The first-order valence-electron chi connectivity index (χ1n) is 6.39. The molecule has 0 fully saturated rings. The first-order valence-corrected chi connectivity index (χ1v) is 8.28. The SMILES string of the molecule is CC(NC(=O)c1cccc(S(C)(=O)=O)c1)c1cccnc1. The van der Waals surface area contributed by atoms with Crippen molar-refractivity contribution in [3.8, 4) is 0 Å². The summed E-state index contributed by atoms with van der Waals surface area (Å²) in [6.45, 7) is 1.84. The lowest BCUT2D eigenvalue weighted by molar-refractivity contribution is 0.0939. The van der Waals surface area contributed by atoms with Gasteiger partial charge in [0.1, 0.15) is 0 Å². The molecule has 110 valence electrons. The Morgan fingerprint density at radius 1 is 1.24 bits per heavy atom. The Morgan fingerprint density at radius 2 is 2.00 bits per heavy atom. The maximum absolute atomic E-state index is 12.2. The Hall–Kier alpha value is -2.21. The number of hydrogen-bond acceptors (Lipinski definition) is 4. The topological polar surface area (TPSA) is 76.1 Å². The maximum atomic E-state index is 12.2. The van der Waals surface area contributed by atoms with Crippen LogP contribution in [0.2, 0.25) is 0 Å². The van der Waals surface area contributed by atoms with Gasteiger partial charge in [-0.25, -0.2) is 8.42 Å². The van der Waals surface area contributed by atoms with E-state index in [1.165, 1.54) is 12.1 Å². The van der Waals surface area contributed by atoms with Crippen LogP contribution in [0.1, 0.15) is 28.9 Å². The molecule has 2 rings (SSSR count). The molecule has 5 nitrogen and oxygen atoms in total. The first-order chi connectivity index (χ1) is 9.88. The molecule has 1 amide bonds. The van der Waals surface area contributed by atoms with Gasteiger partial charge in [0.05, 0.1) is 10.9 Å². The van der Waals surface area contributed by atoms with Gasteiger partial charge >= 0.3 is 0 Å². The normalized spacial score (nSPS) is 12.7. The fourth-order valence-corrected chi connectivity index (χ4v) is 2.53. The van der Waals surface area contributed by atoms with Crippen LogP contribution in [-0.4, -0.2) is 25.6 Å². The van der Waals surface area contributed by atoms with E-state index >= 15 is 0 Å². The van der Waals surface area contributed by atoms with E-state index in [-0.39, 0.29) is 16.8 Å². The number of benzene rings is 1. The number of nitrogens with one attached hydrogen (secondary N) is 1. The van der Waals surface area contributed by atoms with Gasteiger partial charge in [-0.05, 0) is 36.8 Å². The van der Waals surface area contributed by atoms with Gasteiger partial charge in [0.25, 0.3) is 5.91 Å². The molecule has 0 aliphatic heterocycles. The number of pyridine rings is 1. The standard InChI is InChI=1S/C15H16N2O3S/c1-11(13-6-4-8-16-10-13)17-15(18)12-5-3-7-14(9-12)21(2,19)20/h3-11H,1-2H3,(H,17,18). The molecule has 0 saturated heterocycles. The van der Waals surface area contributed by atoms with Crippen molar-refractivity contribution in [2.24, 2.45) is 0 Å². The summed E-state index contributed by atoms with van der Waals surface area (Å²) in [5.41, 5.74) is 1.19. The third-order valence-electron chi connectivity index (χ3n) is 3.06. The number of nitrogens with zero attached hydrogens (tertiary/aromatic N) is 1. The number of carbonyl (C=O) groups excluding carboxylic acids is 1. The minimum atomic E-state index is -3.33. The second-order valence-electron chi connectivity index (χ2n) is 4.78. The van der Waals surface area contributed by atoms with Crippen molar-refractivity contribution in [3.05, 3.63) is 59.9 Å².